The third-order valence-electron chi connectivity index (χ3n) is 3.81. The molecule has 0 saturated carbocycles. The molecule has 24 heavy (non-hydrogen) atoms. The first kappa shape index (κ1) is 15.8. The van der Waals surface area contributed by atoms with Crippen molar-refractivity contribution in [3.63, 3.8) is 0 Å². The molecule has 3 aromatic carbocycles. The molecular formula is C19H19N3O2. The van der Waals surface area contributed by atoms with Gasteiger partial charge in [0.25, 0.3) is 0 Å². The van der Waals surface area contributed by atoms with Gasteiger partial charge in [0.15, 0.2) is 0 Å². The summed E-state index contributed by atoms with van der Waals surface area (Å²) in [4.78, 5) is 2.00. The van der Waals surface area contributed by atoms with E-state index in [1.807, 2.05) is 67.5 Å². The van der Waals surface area contributed by atoms with Crippen molar-refractivity contribution in [2.45, 2.75) is 0 Å². The largest absolute Gasteiger partial charge is 0.506 e. The van der Waals surface area contributed by atoms with E-state index in [1.165, 1.54) is 0 Å². The summed E-state index contributed by atoms with van der Waals surface area (Å²) in [5.74, 6) is 0.729. The average Bonchev–Trinajstić information content (AvgIpc) is 2.60. The number of phenolic OH excluding ortho intramolecular Hbond substituents is 1. The van der Waals surface area contributed by atoms with Gasteiger partial charge in [-0.05, 0) is 35.7 Å². The molecule has 0 atom stereocenters. The van der Waals surface area contributed by atoms with Gasteiger partial charge in [0, 0.05) is 25.2 Å². The quantitative estimate of drug-likeness (QED) is 0.685. The minimum atomic E-state index is 0.0945. The summed E-state index contributed by atoms with van der Waals surface area (Å²) < 4.78 is 5.28. The summed E-state index contributed by atoms with van der Waals surface area (Å²) in [6.45, 7) is 0. The number of phenols is 1. The third kappa shape index (κ3) is 3.01. The Bertz CT molecular complexity index is 904. The Hall–Kier alpha value is -3.08. The van der Waals surface area contributed by atoms with E-state index < -0.39 is 0 Å². The third-order valence-corrected chi connectivity index (χ3v) is 3.81. The van der Waals surface area contributed by atoms with Gasteiger partial charge < -0.3 is 14.7 Å². The fourth-order valence-electron chi connectivity index (χ4n) is 2.48. The molecule has 0 spiro atoms. The lowest BCUT2D eigenvalue weighted by molar-refractivity contribution is 0.416. The Morgan fingerprint density at radius 2 is 1.71 bits per heavy atom. The zero-order valence-electron chi connectivity index (χ0n) is 13.9. The van der Waals surface area contributed by atoms with Gasteiger partial charge in [-0.2, -0.15) is 0 Å². The van der Waals surface area contributed by atoms with Crippen LogP contribution < -0.4 is 9.64 Å². The lowest BCUT2D eigenvalue weighted by atomic mass is 10.1. The smallest absolute Gasteiger partial charge is 0.146 e. The van der Waals surface area contributed by atoms with Crippen LogP contribution in [0, 0.1) is 0 Å². The number of azo groups is 1. The molecule has 5 heteroatoms. The van der Waals surface area contributed by atoms with Crippen LogP contribution >= 0.6 is 0 Å². The Morgan fingerprint density at radius 3 is 2.46 bits per heavy atom. The van der Waals surface area contributed by atoms with Crippen LogP contribution in [0.3, 0.4) is 0 Å². The molecule has 0 bridgehead atoms. The molecule has 0 heterocycles. The summed E-state index contributed by atoms with van der Waals surface area (Å²) >= 11 is 0. The SMILES string of the molecule is COc1ccccc1/N=N/c1c(O)ccc2ccc(N(C)C)cc12. The number of hydrogen-bond acceptors (Lipinski definition) is 5. The highest BCUT2D eigenvalue weighted by Gasteiger charge is 2.09. The van der Waals surface area contributed by atoms with E-state index >= 15 is 0 Å². The average molecular weight is 321 g/mol. The maximum Gasteiger partial charge on any atom is 0.146 e. The normalized spacial score (nSPS) is 11.1. The van der Waals surface area contributed by atoms with E-state index in [4.69, 9.17) is 4.74 Å². The van der Waals surface area contributed by atoms with Crippen LogP contribution in [-0.2, 0) is 0 Å². The van der Waals surface area contributed by atoms with E-state index in [1.54, 1.807) is 13.2 Å². The number of hydrogen-bond donors (Lipinski definition) is 1. The molecule has 0 saturated heterocycles. The number of aromatic hydroxyl groups is 1. The number of fused-ring (bicyclic) bond motifs is 1. The number of anilines is 1. The summed E-state index contributed by atoms with van der Waals surface area (Å²) in [7, 11) is 5.53. The minimum absolute atomic E-state index is 0.0945. The zero-order chi connectivity index (χ0) is 17.1. The zero-order valence-corrected chi connectivity index (χ0v) is 13.9. The maximum absolute atomic E-state index is 10.2. The second-order valence-corrected chi connectivity index (χ2v) is 5.61. The van der Waals surface area contributed by atoms with Crippen molar-refractivity contribution < 1.29 is 9.84 Å². The number of methoxy groups -OCH3 is 1. The van der Waals surface area contributed by atoms with E-state index in [0.717, 1.165) is 16.5 Å². The molecule has 0 radical (unpaired) electrons. The molecule has 0 amide bonds. The molecule has 3 rings (SSSR count). The number of rotatable bonds is 4. The Labute approximate surface area is 140 Å². The Balaban J connectivity index is 2.12. The first-order valence-electron chi connectivity index (χ1n) is 7.58. The summed E-state index contributed by atoms with van der Waals surface area (Å²) in [6.07, 6.45) is 0. The van der Waals surface area contributed by atoms with Crippen LogP contribution in [0.25, 0.3) is 10.8 Å². The number of nitrogens with zero attached hydrogens (tertiary/aromatic N) is 3. The highest BCUT2D eigenvalue weighted by atomic mass is 16.5. The monoisotopic (exact) mass is 321 g/mol. The van der Waals surface area contributed by atoms with Gasteiger partial charge in [-0.3, -0.25) is 0 Å². The molecule has 0 aliphatic rings. The fraction of sp³-hybridized carbons (Fsp3) is 0.158. The number of para-hydroxylation sites is 1. The maximum atomic E-state index is 10.2. The lowest BCUT2D eigenvalue weighted by Crippen LogP contribution is -2.07. The Kier molecular flexibility index (Phi) is 4.33. The van der Waals surface area contributed by atoms with Crippen LogP contribution in [0.4, 0.5) is 17.1 Å². The van der Waals surface area contributed by atoms with Gasteiger partial charge in [-0.1, -0.05) is 24.3 Å². The first-order valence-corrected chi connectivity index (χ1v) is 7.58. The fourth-order valence-corrected chi connectivity index (χ4v) is 2.48. The predicted octanol–water partition coefficient (Wildman–Crippen LogP) is 5.04. The molecule has 1 N–H and O–H groups in total. The van der Waals surface area contributed by atoms with Crippen LogP contribution in [-0.4, -0.2) is 26.3 Å². The van der Waals surface area contributed by atoms with E-state index in [2.05, 4.69) is 10.2 Å². The van der Waals surface area contributed by atoms with Crippen molar-refractivity contribution in [1.29, 1.82) is 0 Å². The number of benzene rings is 3. The minimum Gasteiger partial charge on any atom is -0.506 e. The molecule has 0 aliphatic carbocycles. The molecule has 122 valence electrons. The van der Waals surface area contributed by atoms with Gasteiger partial charge in [0.05, 0.1) is 7.11 Å². The molecule has 3 aromatic rings. The second kappa shape index (κ2) is 6.58. The highest BCUT2D eigenvalue weighted by Crippen LogP contribution is 2.38. The van der Waals surface area contributed by atoms with Crippen molar-refractivity contribution in [3.05, 3.63) is 54.6 Å². The lowest BCUT2D eigenvalue weighted by Gasteiger charge is -2.14. The van der Waals surface area contributed by atoms with Gasteiger partial charge in [0.2, 0.25) is 0 Å². The van der Waals surface area contributed by atoms with Crippen molar-refractivity contribution in [2.75, 3.05) is 26.1 Å². The summed E-state index contributed by atoms with van der Waals surface area (Å²) in [5.41, 5.74) is 2.09. The number of ether oxygens (including phenoxy) is 1. The van der Waals surface area contributed by atoms with Gasteiger partial charge in [-0.15, -0.1) is 10.2 Å². The van der Waals surface area contributed by atoms with E-state index in [0.29, 0.717) is 17.1 Å². The van der Waals surface area contributed by atoms with E-state index in [9.17, 15) is 5.11 Å². The second-order valence-electron chi connectivity index (χ2n) is 5.61. The van der Waals surface area contributed by atoms with Crippen LogP contribution in [0.2, 0.25) is 0 Å². The standard InChI is InChI=1S/C19H19N3O2/c1-22(2)14-10-8-13-9-11-17(23)19(15(13)12-14)21-20-16-6-4-5-7-18(16)24-3/h4-12,23H,1-3H3/b21-20+. The summed E-state index contributed by atoms with van der Waals surface area (Å²) in [6, 6.07) is 16.9. The molecular weight excluding hydrogens is 302 g/mol. The van der Waals surface area contributed by atoms with Crippen LogP contribution in [0.15, 0.2) is 64.8 Å². The van der Waals surface area contributed by atoms with Crippen molar-refractivity contribution in [3.8, 4) is 11.5 Å². The molecule has 0 aromatic heterocycles. The molecule has 0 aliphatic heterocycles. The van der Waals surface area contributed by atoms with Gasteiger partial charge >= 0.3 is 0 Å². The van der Waals surface area contributed by atoms with Gasteiger partial charge in [0.1, 0.15) is 22.9 Å². The predicted molar refractivity (Wildman–Crippen MR) is 97.1 cm³/mol. The van der Waals surface area contributed by atoms with E-state index in [-0.39, 0.29) is 5.75 Å². The summed E-state index contributed by atoms with van der Waals surface area (Å²) in [5, 5.41) is 20.6. The van der Waals surface area contributed by atoms with Crippen molar-refractivity contribution >= 4 is 27.8 Å². The van der Waals surface area contributed by atoms with Crippen LogP contribution in [0.1, 0.15) is 0 Å². The molecule has 0 fully saturated rings. The highest BCUT2D eigenvalue weighted by molar-refractivity contribution is 5.97. The van der Waals surface area contributed by atoms with Crippen molar-refractivity contribution in [2.24, 2.45) is 10.2 Å². The van der Waals surface area contributed by atoms with Crippen molar-refractivity contribution in [1.82, 2.24) is 0 Å². The molecule has 5 nitrogen and oxygen atoms in total. The van der Waals surface area contributed by atoms with Crippen LogP contribution in [0.5, 0.6) is 11.5 Å². The Morgan fingerprint density at radius 1 is 0.958 bits per heavy atom. The molecule has 0 unspecified atom stereocenters. The topological polar surface area (TPSA) is 57.4 Å². The first-order chi connectivity index (χ1) is 11.6. The van der Waals surface area contributed by atoms with Gasteiger partial charge in [-0.25, -0.2) is 0 Å².